The largest absolute Gasteiger partial charge is 0.294 e. The van der Waals surface area contributed by atoms with E-state index in [9.17, 15) is 4.79 Å². The number of halogens is 1. The fourth-order valence-corrected chi connectivity index (χ4v) is 2.56. The predicted octanol–water partition coefficient (Wildman–Crippen LogP) is 2.87. The van der Waals surface area contributed by atoms with E-state index in [1.165, 1.54) is 11.3 Å². The fourth-order valence-electron chi connectivity index (χ4n) is 1.47. The first kappa shape index (κ1) is 11.4. The Bertz CT molecular complexity index is 530. The second-order valence-corrected chi connectivity index (χ2v) is 5.37. The molecule has 0 N–H and O–H groups in total. The van der Waals surface area contributed by atoms with Crippen LogP contribution >= 0.6 is 22.9 Å². The van der Waals surface area contributed by atoms with Crippen molar-refractivity contribution in [1.82, 2.24) is 9.78 Å². The Kier molecular flexibility index (Phi) is 3.12. The standard InChI is InChI=1S/C11H11ClN2OS/c1-7-9(6-13-14(7)2)10(15)5-8-3-4-11(12)16-8/h3-4,6H,5H2,1-2H3. The van der Waals surface area contributed by atoms with Crippen LogP contribution in [-0.4, -0.2) is 15.6 Å². The van der Waals surface area contributed by atoms with Gasteiger partial charge in [-0.25, -0.2) is 0 Å². The van der Waals surface area contributed by atoms with Crippen molar-refractivity contribution in [3.8, 4) is 0 Å². The first-order valence-electron chi connectivity index (χ1n) is 4.84. The summed E-state index contributed by atoms with van der Waals surface area (Å²) in [4.78, 5) is 13.0. The molecule has 0 amide bonds. The summed E-state index contributed by atoms with van der Waals surface area (Å²) in [5, 5.41) is 4.06. The van der Waals surface area contributed by atoms with E-state index in [1.54, 1.807) is 10.9 Å². The lowest BCUT2D eigenvalue weighted by Crippen LogP contribution is -2.04. The van der Waals surface area contributed by atoms with E-state index in [0.717, 1.165) is 10.6 Å². The van der Waals surface area contributed by atoms with Crippen molar-refractivity contribution < 1.29 is 4.79 Å². The second-order valence-electron chi connectivity index (χ2n) is 3.57. The van der Waals surface area contributed by atoms with Crippen molar-refractivity contribution in [2.45, 2.75) is 13.3 Å². The summed E-state index contributed by atoms with van der Waals surface area (Å²) in [5.74, 6) is 0.0871. The highest BCUT2D eigenvalue weighted by Gasteiger charge is 2.14. The van der Waals surface area contributed by atoms with Gasteiger partial charge >= 0.3 is 0 Å². The number of aryl methyl sites for hydroxylation is 1. The maximum absolute atomic E-state index is 12.0. The predicted molar refractivity (Wildman–Crippen MR) is 65.3 cm³/mol. The first-order chi connectivity index (χ1) is 7.58. The zero-order valence-corrected chi connectivity index (χ0v) is 10.6. The molecule has 2 rings (SSSR count). The Morgan fingerprint density at radius 1 is 1.56 bits per heavy atom. The number of hydrogen-bond acceptors (Lipinski definition) is 3. The van der Waals surface area contributed by atoms with Crippen molar-refractivity contribution in [1.29, 1.82) is 0 Å². The second kappa shape index (κ2) is 4.39. The molecule has 5 heteroatoms. The number of thiophene rings is 1. The van der Waals surface area contributed by atoms with Gasteiger partial charge < -0.3 is 0 Å². The van der Waals surface area contributed by atoms with Crippen LogP contribution in [-0.2, 0) is 13.5 Å². The van der Waals surface area contributed by atoms with E-state index in [4.69, 9.17) is 11.6 Å². The normalized spacial score (nSPS) is 10.7. The molecule has 0 aliphatic heterocycles. The van der Waals surface area contributed by atoms with E-state index in [0.29, 0.717) is 16.3 Å². The molecule has 0 aliphatic rings. The zero-order chi connectivity index (χ0) is 11.7. The third kappa shape index (κ3) is 2.18. The van der Waals surface area contributed by atoms with Gasteiger partial charge in [-0.15, -0.1) is 11.3 Å². The van der Waals surface area contributed by atoms with E-state index in [2.05, 4.69) is 5.10 Å². The minimum absolute atomic E-state index is 0.0871. The average Bonchev–Trinajstić information content (AvgIpc) is 2.76. The summed E-state index contributed by atoms with van der Waals surface area (Å²) in [6.07, 6.45) is 2.01. The highest BCUT2D eigenvalue weighted by atomic mass is 35.5. The molecule has 0 spiro atoms. The van der Waals surface area contributed by atoms with Gasteiger partial charge in [0.15, 0.2) is 5.78 Å². The number of aromatic nitrogens is 2. The Balaban J connectivity index is 2.18. The number of nitrogens with zero attached hydrogens (tertiary/aromatic N) is 2. The van der Waals surface area contributed by atoms with Crippen molar-refractivity contribution in [2.24, 2.45) is 7.05 Å². The van der Waals surface area contributed by atoms with E-state index < -0.39 is 0 Å². The van der Waals surface area contributed by atoms with Crippen LogP contribution < -0.4 is 0 Å². The van der Waals surface area contributed by atoms with Crippen LogP contribution in [0, 0.1) is 6.92 Å². The molecule has 2 aromatic rings. The van der Waals surface area contributed by atoms with Crippen LogP contribution in [0.3, 0.4) is 0 Å². The van der Waals surface area contributed by atoms with Gasteiger partial charge in [-0.1, -0.05) is 11.6 Å². The number of hydrogen-bond donors (Lipinski definition) is 0. The molecule has 84 valence electrons. The summed E-state index contributed by atoms with van der Waals surface area (Å²) in [6, 6.07) is 3.70. The van der Waals surface area contributed by atoms with Crippen LogP contribution in [0.2, 0.25) is 4.34 Å². The number of carbonyl (C=O) groups is 1. The van der Waals surface area contributed by atoms with Crippen LogP contribution in [0.15, 0.2) is 18.3 Å². The smallest absolute Gasteiger partial charge is 0.171 e. The van der Waals surface area contributed by atoms with Gasteiger partial charge in [0.25, 0.3) is 0 Å². The lowest BCUT2D eigenvalue weighted by Gasteiger charge is -1.98. The monoisotopic (exact) mass is 254 g/mol. The molecule has 0 fully saturated rings. The number of rotatable bonds is 3. The zero-order valence-electron chi connectivity index (χ0n) is 9.03. The van der Waals surface area contributed by atoms with Gasteiger partial charge in [-0.2, -0.15) is 5.10 Å². The molecule has 2 heterocycles. The molecule has 0 bridgehead atoms. The number of ketones is 1. The van der Waals surface area contributed by atoms with E-state index >= 15 is 0 Å². The molecule has 16 heavy (non-hydrogen) atoms. The third-order valence-corrected chi connectivity index (χ3v) is 3.73. The van der Waals surface area contributed by atoms with Crippen molar-refractivity contribution in [3.05, 3.63) is 38.8 Å². The molecule has 0 aliphatic carbocycles. The molecule has 0 radical (unpaired) electrons. The Morgan fingerprint density at radius 2 is 2.31 bits per heavy atom. The molecule has 3 nitrogen and oxygen atoms in total. The van der Waals surface area contributed by atoms with Crippen molar-refractivity contribution >= 4 is 28.7 Å². The SMILES string of the molecule is Cc1c(C(=O)Cc2ccc(Cl)s2)cnn1C. The molecule has 0 saturated carbocycles. The maximum Gasteiger partial charge on any atom is 0.171 e. The average molecular weight is 255 g/mol. The van der Waals surface area contributed by atoms with Crippen molar-refractivity contribution in [3.63, 3.8) is 0 Å². The highest BCUT2D eigenvalue weighted by Crippen LogP contribution is 2.23. The molecule has 2 aromatic heterocycles. The Labute approximate surface area is 103 Å². The van der Waals surface area contributed by atoms with E-state index in [-0.39, 0.29) is 5.78 Å². The number of Topliss-reactive ketones (excluding diaryl/α,β-unsaturated/α-hetero) is 1. The minimum atomic E-state index is 0.0871. The molecule has 0 aromatic carbocycles. The third-order valence-electron chi connectivity index (χ3n) is 2.50. The topological polar surface area (TPSA) is 34.9 Å². The van der Waals surface area contributed by atoms with Crippen LogP contribution in [0.1, 0.15) is 20.9 Å². The lowest BCUT2D eigenvalue weighted by molar-refractivity contribution is 0.0993. The maximum atomic E-state index is 12.0. The Hall–Kier alpha value is -1.13. The van der Waals surface area contributed by atoms with Gasteiger partial charge in [0.2, 0.25) is 0 Å². The summed E-state index contributed by atoms with van der Waals surface area (Å²) in [5.41, 5.74) is 1.58. The van der Waals surface area contributed by atoms with Crippen molar-refractivity contribution in [2.75, 3.05) is 0 Å². The highest BCUT2D eigenvalue weighted by molar-refractivity contribution is 7.16. The van der Waals surface area contributed by atoms with Gasteiger partial charge in [0.05, 0.1) is 16.1 Å². The summed E-state index contributed by atoms with van der Waals surface area (Å²) >= 11 is 7.26. The minimum Gasteiger partial charge on any atom is -0.294 e. The van der Waals surface area contributed by atoms with Gasteiger partial charge in [-0.3, -0.25) is 9.48 Å². The summed E-state index contributed by atoms with van der Waals surface area (Å²) in [6.45, 7) is 1.89. The molecule has 0 unspecified atom stereocenters. The molecule has 0 atom stereocenters. The quantitative estimate of drug-likeness (QED) is 0.790. The van der Waals surface area contributed by atoms with E-state index in [1.807, 2.05) is 26.1 Å². The number of carbonyl (C=O) groups excluding carboxylic acids is 1. The Morgan fingerprint density at radius 3 is 2.81 bits per heavy atom. The molecule has 0 saturated heterocycles. The summed E-state index contributed by atoms with van der Waals surface area (Å²) < 4.78 is 2.42. The lowest BCUT2D eigenvalue weighted by atomic mass is 10.1. The van der Waals surface area contributed by atoms with Gasteiger partial charge in [0, 0.05) is 24.0 Å². The van der Waals surface area contributed by atoms with Crippen LogP contribution in [0.25, 0.3) is 0 Å². The molecular formula is C11H11ClN2OS. The van der Waals surface area contributed by atoms with Crippen LogP contribution in [0.5, 0.6) is 0 Å². The first-order valence-corrected chi connectivity index (χ1v) is 6.03. The van der Waals surface area contributed by atoms with Gasteiger partial charge in [-0.05, 0) is 19.1 Å². The fraction of sp³-hybridized carbons (Fsp3) is 0.273. The molecular weight excluding hydrogens is 244 g/mol. The van der Waals surface area contributed by atoms with Gasteiger partial charge in [0.1, 0.15) is 0 Å². The summed E-state index contributed by atoms with van der Waals surface area (Å²) in [7, 11) is 1.83. The van der Waals surface area contributed by atoms with Crippen LogP contribution in [0.4, 0.5) is 0 Å².